The largest absolute Gasteiger partial charge is 0.294 e. The summed E-state index contributed by atoms with van der Waals surface area (Å²) in [6.45, 7) is 2.13. The number of hydrogen-bond donors (Lipinski definition) is 0. The first-order chi connectivity index (χ1) is 9.67. The molecule has 0 spiro atoms. The fraction of sp³-hybridized carbons (Fsp3) is 0.353. The Morgan fingerprint density at radius 2 is 1.85 bits per heavy atom. The lowest BCUT2D eigenvalue weighted by molar-refractivity contribution is 0.0964. The van der Waals surface area contributed by atoms with Crippen molar-refractivity contribution in [3.63, 3.8) is 0 Å². The molecule has 0 aliphatic heterocycles. The van der Waals surface area contributed by atoms with Gasteiger partial charge in [0.2, 0.25) is 0 Å². The van der Waals surface area contributed by atoms with Crippen LogP contribution in [0.4, 0.5) is 0 Å². The van der Waals surface area contributed by atoms with Gasteiger partial charge in [-0.15, -0.1) is 23.5 Å². The summed E-state index contributed by atoms with van der Waals surface area (Å²) in [4.78, 5) is 12.3. The van der Waals surface area contributed by atoms with Gasteiger partial charge in [-0.25, -0.2) is 0 Å². The van der Waals surface area contributed by atoms with E-state index in [1.165, 1.54) is 9.81 Å². The van der Waals surface area contributed by atoms with Gasteiger partial charge in [-0.2, -0.15) is 0 Å². The third-order valence-electron chi connectivity index (χ3n) is 3.52. The van der Waals surface area contributed by atoms with Crippen LogP contribution in [0.1, 0.15) is 23.7 Å². The lowest BCUT2D eigenvalue weighted by atomic mass is 10.1. The molecule has 1 aromatic rings. The Kier molecular flexibility index (Phi) is 5.55. The van der Waals surface area contributed by atoms with Crippen LogP contribution >= 0.6 is 23.5 Å². The summed E-state index contributed by atoms with van der Waals surface area (Å²) < 4.78 is 1.34. The monoisotopic (exact) mass is 304 g/mol. The molecule has 0 radical (unpaired) electrons. The van der Waals surface area contributed by atoms with Gasteiger partial charge >= 0.3 is 0 Å². The number of ketones is 1. The SMILES string of the molecule is CSC(SC)=C(C)/C=C/C1CC1C(=O)c1ccccc1. The van der Waals surface area contributed by atoms with E-state index in [9.17, 15) is 4.79 Å². The van der Waals surface area contributed by atoms with Crippen LogP contribution in [0.5, 0.6) is 0 Å². The van der Waals surface area contributed by atoms with Crippen molar-refractivity contribution in [2.24, 2.45) is 11.8 Å². The van der Waals surface area contributed by atoms with Crippen molar-refractivity contribution < 1.29 is 4.79 Å². The van der Waals surface area contributed by atoms with Crippen LogP contribution in [0.3, 0.4) is 0 Å². The summed E-state index contributed by atoms with van der Waals surface area (Å²) in [6, 6.07) is 9.62. The summed E-state index contributed by atoms with van der Waals surface area (Å²) in [5.74, 6) is 0.896. The maximum absolute atomic E-state index is 12.3. The second-order valence-corrected chi connectivity index (χ2v) is 6.87. The van der Waals surface area contributed by atoms with Crippen molar-refractivity contribution in [3.8, 4) is 0 Å². The molecule has 1 nitrogen and oxygen atoms in total. The van der Waals surface area contributed by atoms with E-state index in [1.54, 1.807) is 23.5 Å². The van der Waals surface area contributed by atoms with E-state index in [0.717, 1.165) is 12.0 Å². The van der Waals surface area contributed by atoms with E-state index in [1.807, 2.05) is 30.3 Å². The van der Waals surface area contributed by atoms with Gasteiger partial charge in [-0.1, -0.05) is 42.5 Å². The molecule has 20 heavy (non-hydrogen) atoms. The van der Waals surface area contributed by atoms with Crippen molar-refractivity contribution >= 4 is 29.3 Å². The summed E-state index contributed by atoms with van der Waals surface area (Å²) >= 11 is 3.56. The molecule has 0 N–H and O–H groups in total. The number of thioether (sulfide) groups is 2. The summed E-state index contributed by atoms with van der Waals surface area (Å²) in [7, 11) is 0. The van der Waals surface area contributed by atoms with E-state index in [-0.39, 0.29) is 11.7 Å². The third kappa shape index (κ3) is 3.80. The zero-order valence-electron chi connectivity index (χ0n) is 12.1. The number of rotatable bonds is 6. The van der Waals surface area contributed by atoms with Gasteiger partial charge in [0, 0.05) is 15.7 Å². The average Bonchev–Trinajstić information content (AvgIpc) is 3.26. The molecule has 2 unspecified atom stereocenters. The Hall–Kier alpha value is -0.930. The highest BCUT2D eigenvalue weighted by atomic mass is 32.2. The molecule has 1 saturated carbocycles. The standard InChI is InChI=1S/C17H20OS2/c1-12(17(19-2)20-3)9-10-14-11-15(14)16(18)13-7-5-4-6-8-13/h4-10,14-15H,11H2,1-3H3/b10-9+. The lowest BCUT2D eigenvalue weighted by Crippen LogP contribution is -2.02. The van der Waals surface area contributed by atoms with E-state index in [0.29, 0.717) is 5.92 Å². The number of Topliss-reactive ketones (excluding diaryl/α,β-unsaturated/α-hetero) is 1. The first-order valence-corrected chi connectivity index (χ1v) is 9.18. The Balaban J connectivity index is 1.96. The molecule has 0 heterocycles. The predicted molar refractivity (Wildman–Crippen MR) is 91.2 cm³/mol. The van der Waals surface area contributed by atoms with E-state index < -0.39 is 0 Å². The topological polar surface area (TPSA) is 17.1 Å². The second-order valence-electron chi connectivity index (χ2n) is 4.97. The van der Waals surface area contributed by atoms with Crippen molar-refractivity contribution in [3.05, 3.63) is 57.9 Å². The predicted octanol–water partition coefficient (Wildman–Crippen LogP) is 5.02. The third-order valence-corrected chi connectivity index (χ3v) is 5.91. The Morgan fingerprint density at radius 3 is 2.45 bits per heavy atom. The molecule has 0 saturated heterocycles. The zero-order chi connectivity index (χ0) is 14.5. The molecular formula is C17H20OS2. The van der Waals surface area contributed by atoms with Crippen molar-refractivity contribution in [2.75, 3.05) is 12.5 Å². The fourth-order valence-electron chi connectivity index (χ4n) is 2.29. The minimum atomic E-state index is 0.188. The number of allylic oxidation sites excluding steroid dienone is 3. The summed E-state index contributed by atoms with van der Waals surface area (Å²) in [6.07, 6.45) is 9.56. The van der Waals surface area contributed by atoms with Gasteiger partial charge in [0.05, 0.1) is 0 Å². The van der Waals surface area contributed by atoms with Crippen LogP contribution in [-0.2, 0) is 0 Å². The molecule has 0 bridgehead atoms. The molecule has 1 aromatic carbocycles. The molecule has 2 atom stereocenters. The van der Waals surface area contributed by atoms with Crippen LogP contribution in [0.25, 0.3) is 0 Å². The molecule has 106 valence electrons. The first-order valence-electron chi connectivity index (χ1n) is 6.73. The normalized spacial score (nSPS) is 20.9. The van der Waals surface area contributed by atoms with Crippen molar-refractivity contribution in [1.82, 2.24) is 0 Å². The van der Waals surface area contributed by atoms with Crippen LogP contribution < -0.4 is 0 Å². The highest BCUT2D eigenvalue weighted by Gasteiger charge is 2.41. The maximum Gasteiger partial charge on any atom is 0.166 e. The molecular weight excluding hydrogens is 284 g/mol. The Labute approximate surface area is 129 Å². The molecule has 0 aromatic heterocycles. The molecule has 1 aliphatic rings. The van der Waals surface area contributed by atoms with Crippen molar-refractivity contribution in [1.29, 1.82) is 0 Å². The average molecular weight is 304 g/mol. The summed E-state index contributed by atoms with van der Waals surface area (Å²) in [5.41, 5.74) is 2.14. The van der Waals surface area contributed by atoms with Crippen LogP contribution in [-0.4, -0.2) is 18.3 Å². The minimum Gasteiger partial charge on any atom is -0.294 e. The second kappa shape index (κ2) is 7.19. The molecule has 3 heteroatoms. The number of carbonyl (C=O) groups excluding carboxylic acids is 1. The highest BCUT2D eigenvalue weighted by Crippen LogP contribution is 2.42. The quantitative estimate of drug-likeness (QED) is 0.542. The zero-order valence-corrected chi connectivity index (χ0v) is 13.8. The van der Waals surface area contributed by atoms with Gasteiger partial charge < -0.3 is 0 Å². The van der Waals surface area contributed by atoms with E-state index in [4.69, 9.17) is 0 Å². The van der Waals surface area contributed by atoms with Gasteiger partial charge in [0.1, 0.15) is 0 Å². The Bertz CT molecular complexity index is 525. The molecule has 1 fully saturated rings. The van der Waals surface area contributed by atoms with Gasteiger partial charge in [0.15, 0.2) is 5.78 Å². The van der Waals surface area contributed by atoms with Crippen LogP contribution in [0, 0.1) is 11.8 Å². The fourth-order valence-corrected chi connectivity index (χ4v) is 3.73. The maximum atomic E-state index is 12.3. The van der Waals surface area contributed by atoms with Crippen LogP contribution in [0.15, 0.2) is 52.3 Å². The molecule has 0 amide bonds. The highest BCUT2D eigenvalue weighted by molar-refractivity contribution is 8.21. The summed E-state index contributed by atoms with van der Waals surface area (Å²) in [5, 5.41) is 0. The van der Waals surface area contributed by atoms with Crippen molar-refractivity contribution in [2.45, 2.75) is 13.3 Å². The minimum absolute atomic E-state index is 0.188. The first kappa shape index (κ1) is 15.5. The number of hydrogen-bond acceptors (Lipinski definition) is 3. The smallest absolute Gasteiger partial charge is 0.166 e. The van der Waals surface area contributed by atoms with Crippen LogP contribution in [0.2, 0.25) is 0 Å². The van der Waals surface area contributed by atoms with Gasteiger partial charge in [-0.3, -0.25) is 4.79 Å². The lowest BCUT2D eigenvalue weighted by Gasteiger charge is -2.02. The Morgan fingerprint density at radius 1 is 1.20 bits per heavy atom. The van der Waals surface area contributed by atoms with Gasteiger partial charge in [0.25, 0.3) is 0 Å². The van der Waals surface area contributed by atoms with Gasteiger partial charge in [-0.05, 0) is 37.3 Å². The number of benzene rings is 1. The van der Waals surface area contributed by atoms with E-state index >= 15 is 0 Å². The molecule has 1 aliphatic carbocycles. The number of carbonyl (C=O) groups is 1. The van der Waals surface area contributed by atoms with E-state index in [2.05, 4.69) is 31.6 Å². The molecule has 2 rings (SSSR count).